The maximum absolute atomic E-state index is 12.9. The van der Waals surface area contributed by atoms with Gasteiger partial charge in [0.2, 0.25) is 0 Å². The fourth-order valence-corrected chi connectivity index (χ4v) is 3.24. The van der Waals surface area contributed by atoms with Crippen molar-refractivity contribution in [1.82, 2.24) is 4.90 Å². The first-order valence-corrected chi connectivity index (χ1v) is 8.34. The molecule has 0 spiro atoms. The van der Waals surface area contributed by atoms with Crippen molar-refractivity contribution in [2.45, 2.75) is 65.0 Å². The summed E-state index contributed by atoms with van der Waals surface area (Å²) in [6.07, 6.45) is 9.42. The first kappa shape index (κ1) is 19.2. The first-order valence-electron chi connectivity index (χ1n) is 8.34. The fraction of sp³-hybridized carbons (Fsp3) is 0.579. The molecule has 1 unspecified atom stereocenters. The molecule has 6 nitrogen and oxygen atoms in total. The van der Waals surface area contributed by atoms with Crippen LogP contribution in [-0.4, -0.2) is 45.5 Å². The molecule has 1 aliphatic heterocycles. The molecular formula is C19H27NO5. The van der Waals surface area contributed by atoms with E-state index in [-0.39, 0.29) is 0 Å². The van der Waals surface area contributed by atoms with Crippen LogP contribution in [0.15, 0.2) is 36.5 Å². The molecule has 2 rings (SSSR count). The van der Waals surface area contributed by atoms with Gasteiger partial charge >= 0.3 is 12.1 Å². The normalized spacial score (nSPS) is 27.2. The Hall–Kier alpha value is -2.08. The number of nitrogens with zero attached hydrogens (tertiary/aromatic N) is 1. The summed E-state index contributed by atoms with van der Waals surface area (Å²) in [7, 11) is 0. The van der Waals surface area contributed by atoms with Gasteiger partial charge in [0.15, 0.2) is 6.10 Å². The second-order valence-corrected chi connectivity index (χ2v) is 8.09. The maximum atomic E-state index is 12.9. The van der Waals surface area contributed by atoms with Gasteiger partial charge in [-0.2, -0.15) is 0 Å². The van der Waals surface area contributed by atoms with E-state index >= 15 is 0 Å². The van der Waals surface area contributed by atoms with Crippen molar-refractivity contribution >= 4 is 12.1 Å². The van der Waals surface area contributed by atoms with Crippen molar-refractivity contribution in [2.24, 2.45) is 5.41 Å². The molecule has 138 valence electrons. The van der Waals surface area contributed by atoms with Gasteiger partial charge in [-0.25, -0.2) is 9.59 Å². The Morgan fingerprint density at radius 1 is 1.08 bits per heavy atom. The van der Waals surface area contributed by atoms with E-state index in [1.165, 1.54) is 4.90 Å². The molecule has 0 bridgehead atoms. The molecular weight excluding hydrogens is 322 g/mol. The smallest absolute Gasteiger partial charge is 0.412 e. The van der Waals surface area contributed by atoms with Crippen molar-refractivity contribution in [3.05, 3.63) is 36.5 Å². The fourth-order valence-electron chi connectivity index (χ4n) is 3.24. The minimum atomic E-state index is -1.17. The molecule has 0 saturated carbocycles. The predicted octanol–water partition coefficient (Wildman–Crippen LogP) is 3.50. The molecule has 1 amide bonds. The highest BCUT2D eigenvalue weighted by Gasteiger charge is 2.59. The van der Waals surface area contributed by atoms with Crippen LogP contribution in [0.5, 0.6) is 0 Å². The largest absolute Gasteiger partial charge is 0.479 e. The Labute approximate surface area is 148 Å². The van der Waals surface area contributed by atoms with Gasteiger partial charge in [-0.15, -0.1) is 0 Å². The van der Waals surface area contributed by atoms with Crippen LogP contribution < -0.4 is 0 Å². The lowest BCUT2D eigenvalue weighted by Gasteiger charge is -2.40. The molecule has 2 aliphatic rings. The van der Waals surface area contributed by atoms with E-state index in [0.29, 0.717) is 0 Å². The molecule has 1 fully saturated rings. The number of carbonyl (C=O) groups excluding carboxylic acids is 1. The van der Waals surface area contributed by atoms with Gasteiger partial charge in [0.1, 0.15) is 11.3 Å². The number of carbonyl (C=O) groups is 2. The third-order valence-electron chi connectivity index (χ3n) is 4.28. The number of ether oxygens (including phenoxy) is 2. The number of carboxylic acids is 1. The van der Waals surface area contributed by atoms with Crippen LogP contribution in [0, 0.1) is 5.41 Å². The van der Waals surface area contributed by atoms with Crippen molar-refractivity contribution in [2.75, 3.05) is 0 Å². The lowest BCUT2D eigenvalue weighted by Crippen LogP contribution is -2.55. The van der Waals surface area contributed by atoms with Crippen LogP contribution in [0.3, 0.4) is 0 Å². The monoisotopic (exact) mass is 349 g/mol. The lowest BCUT2D eigenvalue weighted by atomic mass is 9.78. The molecule has 1 saturated heterocycles. The molecule has 1 heterocycles. The van der Waals surface area contributed by atoms with E-state index in [2.05, 4.69) is 0 Å². The Kier molecular flexibility index (Phi) is 4.88. The zero-order valence-electron chi connectivity index (χ0n) is 15.6. The molecule has 1 N–H and O–H groups in total. The van der Waals surface area contributed by atoms with Crippen molar-refractivity contribution in [1.29, 1.82) is 0 Å². The van der Waals surface area contributed by atoms with Gasteiger partial charge in [0.25, 0.3) is 0 Å². The first-order chi connectivity index (χ1) is 11.4. The molecule has 0 aromatic rings. The van der Waals surface area contributed by atoms with Gasteiger partial charge in [0, 0.05) is 5.41 Å². The summed E-state index contributed by atoms with van der Waals surface area (Å²) in [4.78, 5) is 26.2. The molecule has 6 heteroatoms. The third-order valence-corrected chi connectivity index (χ3v) is 4.28. The number of aliphatic carboxylic acids is 1. The van der Waals surface area contributed by atoms with E-state index in [0.717, 1.165) is 0 Å². The van der Waals surface area contributed by atoms with E-state index in [4.69, 9.17) is 9.47 Å². The Balaban J connectivity index is 2.52. The van der Waals surface area contributed by atoms with Crippen LogP contribution in [0.4, 0.5) is 4.79 Å². The summed E-state index contributed by atoms with van der Waals surface area (Å²) in [5.74, 6) is -1.11. The topological polar surface area (TPSA) is 76.1 Å². The number of hydrogen-bond donors (Lipinski definition) is 1. The van der Waals surface area contributed by atoms with Gasteiger partial charge < -0.3 is 14.6 Å². The van der Waals surface area contributed by atoms with Crippen LogP contribution in [0.1, 0.15) is 41.5 Å². The molecule has 0 aromatic heterocycles. The average molecular weight is 349 g/mol. The predicted molar refractivity (Wildman–Crippen MR) is 94.0 cm³/mol. The van der Waals surface area contributed by atoms with Crippen LogP contribution in [-0.2, 0) is 14.3 Å². The number of allylic oxidation sites excluding steroid dienone is 4. The summed E-state index contributed by atoms with van der Waals surface area (Å²) in [6.45, 7) is 10.6. The summed E-state index contributed by atoms with van der Waals surface area (Å²) in [5.41, 5.74) is -2.53. The zero-order valence-corrected chi connectivity index (χ0v) is 15.6. The summed E-state index contributed by atoms with van der Waals surface area (Å²) in [6, 6.07) is -0.748. The average Bonchev–Trinajstić information content (AvgIpc) is 2.58. The summed E-state index contributed by atoms with van der Waals surface area (Å²) < 4.78 is 11.3. The standard InChI is InChI=1S/C19H27NO5/c1-17(2,3)25-16(23)20-14(13(15(21)22)24-18(20,4)5)19(6)11-9-7-8-10-12-19/h7-14H,1-6H3,(H,21,22)/t13?,14-/m1/s1. The van der Waals surface area contributed by atoms with Crippen molar-refractivity contribution in [3.63, 3.8) is 0 Å². The second-order valence-electron chi connectivity index (χ2n) is 8.09. The van der Waals surface area contributed by atoms with Gasteiger partial charge in [-0.1, -0.05) is 43.4 Å². The number of carboxylic acid groups (broad SMARTS) is 1. The molecule has 0 aromatic carbocycles. The number of rotatable bonds is 2. The second kappa shape index (κ2) is 6.33. The Morgan fingerprint density at radius 2 is 1.60 bits per heavy atom. The van der Waals surface area contributed by atoms with E-state index in [1.54, 1.807) is 34.6 Å². The van der Waals surface area contributed by atoms with Gasteiger partial charge in [-0.05, 0) is 34.6 Å². The summed E-state index contributed by atoms with van der Waals surface area (Å²) in [5, 5.41) is 9.70. The van der Waals surface area contributed by atoms with E-state index in [1.807, 2.05) is 43.4 Å². The van der Waals surface area contributed by atoms with Crippen molar-refractivity contribution < 1.29 is 24.2 Å². The minimum Gasteiger partial charge on any atom is -0.479 e. The quantitative estimate of drug-likeness (QED) is 0.826. The highest BCUT2D eigenvalue weighted by atomic mass is 16.6. The maximum Gasteiger partial charge on any atom is 0.412 e. The van der Waals surface area contributed by atoms with E-state index < -0.39 is 40.9 Å². The molecule has 25 heavy (non-hydrogen) atoms. The van der Waals surface area contributed by atoms with Gasteiger partial charge in [0.05, 0.1) is 6.04 Å². The third kappa shape index (κ3) is 3.95. The number of hydrogen-bond acceptors (Lipinski definition) is 4. The number of amides is 1. The highest BCUT2D eigenvalue weighted by Crippen LogP contribution is 2.44. The minimum absolute atomic E-state index is 0.591. The van der Waals surface area contributed by atoms with Gasteiger partial charge in [-0.3, -0.25) is 4.90 Å². The highest BCUT2D eigenvalue weighted by molar-refractivity contribution is 5.78. The Bertz CT molecular complexity index is 623. The molecule has 1 aliphatic carbocycles. The van der Waals surface area contributed by atoms with E-state index in [9.17, 15) is 14.7 Å². The SMILES string of the molecule is CC(C)(C)OC(=O)N1[C@@H](C2(C)C=CC=CC=C2)C(C(=O)O)OC1(C)C. The zero-order chi connectivity index (χ0) is 19.0. The molecule has 0 radical (unpaired) electrons. The van der Waals surface area contributed by atoms with Crippen LogP contribution in [0.25, 0.3) is 0 Å². The Morgan fingerprint density at radius 3 is 2.04 bits per heavy atom. The summed E-state index contributed by atoms with van der Waals surface area (Å²) >= 11 is 0. The van der Waals surface area contributed by atoms with Crippen molar-refractivity contribution in [3.8, 4) is 0 Å². The van der Waals surface area contributed by atoms with Crippen LogP contribution >= 0.6 is 0 Å². The lowest BCUT2D eigenvalue weighted by molar-refractivity contribution is -0.155. The van der Waals surface area contributed by atoms with Crippen LogP contribution in [0.2, 0.25) is 0 Å². The molecule has 2 atom stereocenters.